The van der Waals surface area contributed by atoms with Gasteiger partial charge < -0.3 is 0 Å². The second-order valence-corrected chi connectivity index (χ2v) is 11.6. The summed E-state index contributed by atoms with van der Waals surface area (Å²) in [6.45, 7) is 0. The van der Waals surface area contributed by atoms with Gasteiger partial charge in [0.05, 0.1) is 0 Å². The van der Waals surface area contributed by atoms with Crippen molar-refractivity contribution in [2.45, 2.75) is 0 Å². The fourth-order valence-corrected chi connectivity index (χ4v) is 5.90. The van der Waals surface area contributed by atoms with E-state index in [2.05, 4.69) is 157 Å². The summed E-state index contributed by atoms with van der Waals surface area (Å²) in [5, 5.41) is 0. The molecule has 0 fully saturated rings. The standard InChI is InChI=1S/C44H30N4/c1-3-10-31(11-4-1)33-19-23-35(24-20-33)42-46-43(36-25-21-34(22-26-36)32-12-5-2-6-13-32)48-44(47-42)40-17-8-15-38(29-40)37-14-7-16-39(28-37)41-18-9-27-45-30-41/h1-30H. The molecule has 6 aromatic carbocycles. The molecule has 0 radical (unpaired) electrons. The summed E-state index contributed by atoms with van der Waals surface area (Å²) >= 11 is 0. The van der Waals surface area contributed by atoms with E-state index in [4.69, 9.17) is 15.0 Å². The molecule has 0 unspecified atom stereocenters. The Labute approximate surface area is 280 Å². The Morgan fingerprint density at radius 1 is 0.250 bits per heavy atom. The maximum Gasteiger partial charge on any atom is 0.164 e. The van der Waals surface area contributed by atoms with Crippen LogP contribution < -0.4 is 0 Å². The lowest BCUT2D eigenvalue weighted by atomic mass is 9.98. The number of benzene rings is 6. The van der Waals surface area contributed by atoms with Gasteiger partial charge in [-0.25, -0.2) is 15.0 Å². The maximum absolute atomic E-state index is 5.04. The quantitative estimate of drug-likeness (QED) is 0.179. The van der Waals surface area contributed by atoms with Crippen LogP contribution in [-0.4, -0.2) is 19.9 Å². The first-order chi connectivity index (χ1) is 23.8. The number of aromatic nitrogens is 4. The average molecular weight is 615 g/mol. The Morgan fingerprint density at radius 3 is 1.08 bits per heavy atom. The van der Waals surface area contributed by atoms with E-state index in [1.165, 1.54) is 11.1 Å². The Kier molecular flexibility index (Phi) is 7.87. The first kappa shape index (κ1) is 28.9. The van der Waals surface area contributed by atoms with E-state index in [-0.39, 0.29) is 0 Å². The highest BCUT2D eigenvalue weighted by Gasteiger charge is 2.14. The van der Waals surface area contributed by atoms with E-state index in [9.17, 15) is 0 Å². The van der Waals surface area contributed by atoms with Crippen molar-refractivity contribution < 1.29 is 0 Å². The van der Waals surface area contributed by atoms with Crippen LogP contribution >= 0.6 is 0 Å². The van der Waals surface area contributed by atoms with Crippen LogP contribution in [0, 0.1) is 0 Å². The smallest absolute Gasteiger partial charge is 0.164 e. The van der Waals surface area contributed by atoms with Crippen LogP contribution in [0.15, 0.2) is 182 Å². The van der Waals surface area contributed by atoms with E-state index in [0.29, 0.717) is 17.5 Å². The molecule has 8 aromatic rings. The van der Waals surface area contributed by atoms with Crippen molar-refractivity contribution in [1.29, 1.82) is 0 Å². The predicted octanol–water partition coefficient (Wildman–Crippen LogP) is 10.9. The van der Waals surface area contributed by atoms with E-state index >= 15 is 0 Å². The van der Waals surface area contributed by atoms with E-state index in [0.717, 1.165) is 50.1 Å². The lowest BCUT2D eigenvalue weighted by molar-refractivity contribution is 1.07. The van der Waals surface area contributed by atoms with Crippen molar-refractivity contribution in [2.24, 2.45) is 0 Å². The molecule has 48 heavy (non-hydrogen) atoms. The molecule has 0 spiro atoms. The minimum Gasteiger partial charge on any atom is -0.264 e. The third-order valence-electron chi connectivity index (χ3n) is 8.45. The van der Waals surface area contributed by atoms with Crippen LogP contribution in [0.2, 0.25) is 0 Å². The summed E-state index contributed by atoms with van der Waals surface area (Å²) in [7, 11) is 0. The monoisotopic (exact) mass is 614 g/mol. The fraction of sp³-hybridized carbons (Fsp3) is 0. The fourth-order valence-electron chi connectivity index (χ4n) is 5.90. The van der Waals surface area contributed by atoms with Gasteiger partial charge in [-0.15, -0.1) is 0 Å². The maximum atomic E-state index is 5.04. The van der Waals surface area contributed by atoms with Gasteiger partial charge in [-0.2, -0.15) is 0 Å². The number of hydrogen-bond acceptors (Lipinski definition) is 4. The Morgan fingerprint density at radius 2 is 0.604 bits per heavy atom. The van der Waals surface area contributed by atoms with Crippen LogP contribution in [0.25, 0.3) is 78.7 Å². The SMILES string of the molecule is c1ccc(-c2ccc(-c3nc(-c4ccc(-c5ccccc5)cc4)nc(-c4cccc(-c5cccc(-c6cccnc6)c5)c4)n3)cc2)cc1. The lowest BCUT2D eigenvalue weighted by Gasteiger charge is -2.11. The van der Waals surface area contributed by atoms with Gasteiger partial charge in [0, 0.05) is 34.6 Å². The minimum absolute atomic E-state index is 0.625. The van der Waals surface area contributed by atoms with Crippen molar-refractivity contribution >= 4 is 0 Å². The van der Waals surface area contributed by atoms with Gasteiger partial charge in [-0.3, -0.25) is 4.98 Å². The van der Waals surface area contributed by atoms with Crippen LogP contribution in [0.5, 0.6) is 0 Å². The molecule has 4 heteroatoms. The minimum atomic E-state index is 0.625. The van der Waals surface area contributed by atoms with Gasteiger partial charge >= 0.3 is 0 Å². The zero-order chi connectivity index (χ0) is 32.1. The van der Waals surface area contributed by atoms with Gasteiger partial charge in [0.1, 0.15) is 0 Å². The molecule has 0 saturated heterocycles. The molecule has 0 aliphatic carbocycles. The lowest BCUT2D eigenvalue weighted by Crippen LogP contribution is -2.00. The summed E-state index contributed by atoms with van der Waals surface area (Å²) in [4.78, 5) is 19.4. The highest BCUT2D eigenvalue weighted by molar-refractivity contribution is 5.77. The summed E-state index contributed by atoms with van der Waals surface area (Å²) in [6.07, 6.45) is 3.69. The number of nitrogens with zero attached hydrogens (tertiary/aromatic N) is 4. The molecule has 2 aromatic heterocycles. The molecule has 0 N–H and O–H groups in total. The highest BCUT2D eigenvalue weighted by Crippen LogP contribution is 2.31. The van der Waals surface area contributed by atoms with Gasteiger partial charge in [-0.1, -0.05) is 152 Å². The number of pyridine rings is 1. The van der Waals surface area contributed by atoms with Gasteiger partial charge in [0.2, 0.25) is 0 Å². The molecule has 0 amide bonds. The first-order valence-corrected chi connectivity index (χ1v) is 16.0. The second kappa shape index (κ2) is 13.1. The molecule has 0 aliphatic heterocycles. The topological polar surface area (TPSA) is 51.6 Å². The number of hydrogen-bond donors (Lipinski definition) is 0. The molecular weight excluding hydrogens is 585 g/mol. The Hall–Kier alpha value is -6.52. The van der Waals surface area contributed by atoms with Crippen LogP contribution in [0.3, 0.4) is 0 Å². The van der Waals surface area contributed by atoms with Crippen molar-refractivity contribution in [1.82, 2.24) is 19.9 Å². The zero-order valence-corrected chi connectivity index (χ0v) is 26.1. The molecule has 0 aliphatic rings. The van der Waals surface area contributed by atoms with Gasteiger partial charge in [0.25, 0.3) is 0 Å². The summed E-state index contributed by atoms with van der Waals surface area (Å²) in [5.41, 5.74) is 11.8. The van der Waals surface area contributed by atoms with E-state index in [1.807, 2.05) is 24.4 Å². The van der Waals surface area contributed by atoms with E-state index in [1.54, 1.807) is 6.20 Å². The Balaban J connectivity index is 1.20. The molecular formula is C44H30N4. The van der Waals surface area contributed by atoms with Crippen LogP contribution in [0.4, 0.5) is 0 Å². The summed E-state index contributed by atoms with van der Waals surface area (Å²) in [6, 6.07) is 58.6. The molecule has 226 valence electrons. The highest BCUT2D eigenvalue weighted by atomic mass is 15.0. The summed E-state index contributed by atoms with van der Waals surface area (Å²) in [5.74, 6) is 1.89. The van der Waals surface area contributed by atoms with Crippen molar-refractivity contribution in [3.8, 4) is 78.7 Å². The molecule has 0 saturated carbocycles. The zero-order valence-electron chi connectivity index (χ0n) is 26.1. The van der Waals surface area contributed by atoms with Crippen LogP contribution in [0.1, 0.15) is 0 Å². The van der Waals surface area contributed by atoms with Gasteiger partial charge in [0.15, 0.2) is 17.5 Å². The average Bonchev–Trinajstić information content (AvgIpc) is 3.19. The largest absolute Gasteiger partial charge is 0.264 e. The molecule has 0 bridgehead atoms. The molecule has 2 heterocycles. The van der Waals surface area contributed by atoms with Crippen molar-refractivity contribution in [2.75, 3.05) is 0 Å². The normalized spacial score (nSPS) is 10.9. The van der Waals surface area contributed by atoms with Crippen LogP contribution in [-0.2, 0) is 0 Å². The number of rotatable bonds is 7. The molecule has 0 atom stereocenters. The molecule has 8 rings (SSSR count). The van der Waals surface area contributed by atoms with E-state index < -0.39 is 0 Å². The summed E-state index contributed by atoms with van der Waals surface area (Å²) < 4.78 is 0. The Bertz CT molecular complexity index is 2200. The van der Waals surface area contributed by atoms with Gasteiger partial charge in [-0.05, 0) is 57.1 Å². The third-order valence-corrected chi connectivity index (χ3v) is 8.45. The van der Waals surface area contributed by atoms with Crippen molar-refractivity contribution in [3.05, 3.63) is 182 Å². The predicted molar refractivity (Wildman–Crippen MR) is 196 cm³/mol. The third kappa shape index (κ3) is 6.15. The van der Waals surface area contributed by atoms with Crippen molar-refractivity contribution in [3.63, 3.8) is 0 Å². The second-order valence-electron chi connectivity index (χ2n) is 11.6. The molecule has 4 nitrogen and oxygen atoms in total. The first-order valence-electron chi connectivity index (χ1n) is 16.0.